The zero-order valence-electron chi connectivity index (χ0n) is 15.4. The lowest BCUT2D eigenvalue weighted by molar-refractivity contribution is -0.118. The van der Waals surface area contributed by atoms with E-state index in [2.05, 4.69) is 10.6 Å². The van der Waals surface area contributed by atoms with Crippen LogP contribution in [0, 0.1) is 11.7 Å². The Balaban J connectivity index is 1.78. The van der Waals surface area contributed by atoms with Crippen molar-refractivity contribution in [2.24, 2.45) is 5.92 Å². The summed E-state index contributed by atoms with van der Waals surface area (Å²) in [7, 11) is 0. The van der Waals surface area contributed by atoms with Crippen molar-refractivity contribution >= 4 is 28.5 Å². The Hall–Kier alpha value is -3.48. The smallest absolute Gasteiger partial charge is 0.336 e. The molecule has 2 N–H and O–H groups in total. The maximum absolute atomic E-state index is 13.8. The van der Waals surface area contributed by atoms with Crippen molar-refractivity contribution in [2.75, 3.05) is 5.32 Å². The third-order valence-electron chi connectivity index (χ3n) is 4.24. The molecule has 6 nitrogen and oxygen atoms in total. The van der Waals surface area contributed by atoms with E-state index in [-0.39, 0.29) is 11.5 Å². The fourth-order valence-corrected chi connectivity index (χ4v) is 2.77. The van der Waals surface area contributed by atoms with Crippen LogP contribution in [0.2, 0.25) is 0 Å². The molecule has 3 aromatic rings. The third kappa shape index (κ3) is 4.25. The second-order valence-electron chi connectivity index (χ2n) is 6.67. The Bertz CT molecular complexity index is 1090. The van der Waals surface area contributed by atoms with Crippen molar-refractivity contribution in [3.05, 3.63) is 76.4 Å². The van der Waals surface area contributed by atoms with Crippen LogP contribution in [0.5, 0.6) is 0 Å². The van der Waals surface area contributed by atoms with Crippen LogP contribution >= 0.6 is 0 Å². The topological polar surface area (TPSA) is 88.4 Å². The first kappa shape index (κ1) is 19.3. The number of carbonyl (C=O) groups excluding carboxylic acids is 2. The van der Waals surface area contributed by atoms with Gasteiger partial charge in [0.15, 0.2) is 0 Å². The molecular formula is C21H19FN2O4. The fourth-order valence-electron chi connectivity index (χ4n) is 2.77. The van der Waals surface area contributed by atoms with Crippen LogP contribution in [0.1, 0.15) is 24.2 Å². The molecule has 1 aromatic heterocycles. The Morgan fingerprint density at radius 1 is 1.04 bits per heavy atom. The van der Waals surface area contributed by atoms with Gasteiger partial charge in [0.2, 0.25) is 5.91 Å². The van der Waals surface area contributed by atoms with Crippen molar-refractivity contribution in [1.82, 2.24) is 5.32 Å². The van der Waals surface area contributed by atoms with Gasteiger partial charge in [-0.25, -0.2) is 9.18 Å². The minimum atomic E-state index is -0.864. The van der Waals surface area contributed by atoms with Gasteiger partial charge < -0.3 is 15.1 Å². The van der Waals surface area contributed by atoms with E-state index in [9.17, 15) is 18.8 Å². The van der Waals surface area contributed by atoms with Gasteiger partial charge in [-0.3, -0.25) is 9.59 Å². The van der Waals surface area contributed by atoms with Crippen LogP contribution in [-0.4, -0.2) is 17.9 Å². The van der Waals surface area contributed by atoms with Crippen LogP contribution in [0.25, 0.3) is 11.0 Å². The predicted molar refractivity (Wildman–Crippen MR) is 104 cm³/mol. The zero-order valence-corrected chi connectivity index (χ0v) is 15.4. The Morgan fingerprint density at radius 3 is 2.50 bits per heavy atom. The van der Waals surface area contributed by atoms with Crippen LogP contribution in [-0.2, 0) is 4.79 Å². The Labute approximate surface area is 160 Å². The minimum Gasteiger partial charge on any atom is -0.423 e. The molecule has 0 saturated carbocycles. The summed E-state index contributed by atoms with van der Waals surface area (Å²) in [6.07, 6.45) is 0. The lowest BCUT2D eigenvalue weighted by Gasteiger charge is -2.22. The van der Waals surface area contributed by atoms with Gasteiger partial charge >= 0.3 is 5.63 Å². The molecule has 0 aliphatic carbocycles. The average molecular weight is 382 g/mol. The summed E-state index contributed by atoms with van der Waals surface area (Å²) in [5, 5.41) is 5.97. The highest BCUT2D eigenvalue weighted by atomic mass is 19.1. The molecule has 2 amide bonds. The van der Waals surface area contributed by atoms with E-state index in [1.54, 1.807) is 44.2 Å². The van der Waals surface area contributed by atoms with Gasteiger partial charge in [-0.2, -0.15) is 0 Å². The molecule has 0 aliphatic rings. The molecule has 0 saturated heterocycles. The molecule has 144 valence electrons. The van der Waals surface area contributed by atoms with Gasteiger partial charge in [0.1, 0.15) is 17.4 Å². The quantitative estimate of drug-likeness (QED) is 0.663. The summed E-state index contributed by atoms with van der Waals surface area (Å²) in [5.74, 6) is -1.98. The number of halogens is 1. The first-order valence-corrected chi connectivity index (χ1v) is 8.75. The molecule has 1 unspecified atom stereocenters. The van der Waals surface area contributed by atoms with E-state index < -0.39 is 29.3 Å². The van der Waals surface area contributed by atoms with Gasteiger partial charge in [-0.05, 0) is 42.3 Å². The molecule has 28 heavy (non-hydrogen) atoms. The Morgan fingerprint density at radius 2 is 1.79 bits per heavy atom. The number of carbonyl (C=O) groups is 2. The van der Waals surface area contributed by atoms with E-state index >= 15 is 0 Å². The number of hydrogen-bond acceptors (Lipinski definition) is 4. The third-order valence-corrected chi connectivity index (χ3v) is 4.24. The molecule has 1 heterocycles. The summed E-state index contributed by atoms with van der Waals surface area (Å²) in [6.45, 7) is 3.56. The second-order valence-corrected chi connectivity index (χ2v) is 6.67. The Kier molecular flexibility index (Phi) is 5.54. The molecule has 0 spiro atoms. The summed E-state index contributed by atoms with van der Waals surface area (Å²) < 4.78 is 18.9. The summed E-state index contributed by atoms with van der Waals surface area (Å²) in [4.78, 5) is 36.3. The lowest BCUT2D eigenvalue weighted by Crippen LogP contribution is -2.47. The van der Waals surface area contributed by atoms with Crippen LogP contribution in [0.4, 0.5) is 10.1 Å². The van der Waals surface area contributed by atoms with Gasteiger partial charge in [0, 0.05) is 17.1 Å². The normalized spacial score (nSPS) is 12.0. The maximum Gasteiger partial charge on any atom is 0.336 e. The second kappa shape index (κ2) is 8.04. The average Bonchev–Trinajstić information content (AvgIpc) is 2.66. The van der Waals surface area contributed by atoms with Crippen molar-refractivity contribution in [1.29, 1.82) is 0 Å². The highest BCUT2D eigenvalue weighted by molar-refractivity contribution is 6.02. The van der Waals surface area contributed by atoms with Crippen LogP contribution in [0.3, 0.4) is 0 Å². The van der Waals surface area contributed by atoms with Gasteiger partial charge in [0.25, 0.3) is 5.91 Å². The largest absolute Gasteiger partial charge is 0.423 e. The summed E-state index contributed by atoms with van der Waals surface area (Å²) in [6, 6.07) is 12.4. The van der Waals surface area contributed by atoms with Crippen molar-refractivity contribution in [3.8, 4) is 0 Å². The number of fused-ring (bicyclic) bond motifs is 1. The van der Waals surface area contributed by atoms with E-state index in [1.807, 2.05) is 0 Å². The van der Waals surface area contributed by atoms with Crippen molar-refractivity contribution in [3.63, 3.8) is 0 Å². The van der Waals surface area contributed by atoms with E-state index in [0.29, 0.717) is 16.7 Å². The number of amides is 2. The van der Waals surface area contributed by atoms with Gasteiger partial charge in [-0.15, -0.1) is 0 Å². The molecule has 0 radical (unpaired) electrons. The first-order chi connectivity index (χ1) is 13.3. The first-order valence-electron chi connectivity index (χ1n) is 8.75. The number of benzene rings is 2. The van der Waals surface area contributed by atoms with E-state index in [1.165, 1.54) is 24.3 Å². The molecule has 0 bridgehead atoms. The van der Waals surface area contributed by atoms with E-state index in [0.717, 1.165) is 0 Å². The molecule has 0 fully saturated rings. The van der Waals surface area contributed by atoms with Crippen LogP contribution < -0.4 is 16.3 Å². The van der Waals surface area contributed by atoms with Gasteiger partial charge in [0.05, 0.1) is 5.56 Å². The van der Waals surface area contributed by atoms with Crippen molar-refractivity contribution < 1.29 is 18.4 Å². The molecular weight excluding hydrogens is 363 g/mol. The standard InChI is InChI=1S/C21H19FN2O4/c1-12(2)19(24-20(26)15-5-3-4-6-16(15)22)21(27)23-14-8-9-17-13(11-14)7-10-18(25)28-17/h3-12,19H,1-2H3,(H,23,27)(H,24,26). The van der Waals surface area contributed by atoms with Crippen molar-refractivity contribution in [2.45, 2.75) is 19.9 Å². The molecule has 7 heteroatoms. The number of rotatable bonds is 5. The maximum atomic E-state index is 13.8. The number of hydrogen-bond donors (Lipinski definition) is 2. The van der Waals surface area contributed by atoms with Crippen LogP contribution in [0.15, 0.2) is 63.8 Å². The predicted octanol–water partition coefficient (Wildman–Crippen LogP) is 3.33. The highest BCUT2D eigenvalue weighted by Crippen LogP contribution is 2.18. The molecule has 1 atom stereocenters. The molecule has 2 aromatic carbocycles. The minimum absolute atomic E-state index is 0.123. The SMILES string of the molecule is CC(C)C(NC(=O)c1ccccc1F)C(=O)Nc1ccc2oc(=O)ccc2c1. The fraction of sp³-hybridized carbons (Fsp3) is 0.190. The van der Waals surface area contributed by atoms with E-state index in [4.69, 9.17) is 4.42 Å². The lowest BCUT2D eigenvalue weighted by atomic mass is 10.0. The molecule has 3 rings (SSSR count). The highest BCUT2D eigenvalue weighted by Gasteiger charge is 2.25. The number of anilines is 1. The van der Waals surface area contributed by atoms with Gasteiger partial charge in [-0.1, -0.05) is 26.0 Å². The number of nitrogens with one attached hydrogen (secondary N) is 2. The molecule has 0 aliphatic heterocycles. The summed E-state index contributed by atoms with van der Waals surface area (Å²) in [5.41, 5.74) is 0.303. The zero-order chi connectivity index (χ0) is 20.3. The monoisotopic (exact) mass is 382 g/mol. The summed E-state index contributed by atoms with van der Waals surface area (Å²) >= 11 is 0.